The molecular formula is C18H15ClO. The normalized spacial score (nSPS) is 11.2. The second-order valence-corrected chi connectivity index (χ2v) is 4.78. The van der Waals surface area contributed by atoms with E-state index in [0.717, 1.165) is 6.42 Å². The third-order valence-electron chi connectivity index (χ3n) is 2.82. The third-order valence-corrected chi connectivity index (χ3v) is 3.07. The van der Waals surface area contributed by atoms with Gasteiger partial charge < -0.3 is 0 Å². The van der Waals surface area contributed by atoms with Crippen LogP contribution in [0.3, 0.4) is 0 Å². The van der Waals surface area contributed by atoms with Crippen LogP contribution in [-0.2, 0) is 6.42 Å². The van der Waals surface area contributed by atoms with Crippen LogP contribution in [0.1, 0.15) is 15.9 Å². The Morgan fingerprint density at radius 3 is 2.35 bits per heavy atom. The van der Waals surface area contributed by atoms with Crippen LogP contribution >= 0.6 is 11.6 Å². The zero-order valence-electron chi connectivity index (χ0n) is 11.0. The Kier molecular flexibility index (Phi) is 5.33. The SMILES string of the molecule is O=C(/C=C/C=C\Cc1ccccc1)c1ccc(Cl)cc1. The van der Waals surface area contributed by atoms with E-state index in [9.17, 15) is 4.79 Å². The smallest absolute Gasteiger partial charge is 0.185 e. The number of rotatable bonds is 5. The minimum Gasteiger partial charge on any atom is -0.289 e. The van der Waals surface area contributed by atoms with Crippen molar-refractivity contribution in [3.63, 3.8) is 0 Å². The lowest BCUT2D eigenvalue weighted by Gasteiger charge is -1.95. The Hall–Kier alpha value is -2.12. The first kappa shape index (κ1) is 14.3. The Labute approximate surface area is 124 Å². The summed E-state index contributed by atoms with van der Waals surface area (Å²) >= 11 is 5.78. The Morgan fingerprint density at radius 2 is 1.65 bits per heavy atom. The Morgan fingerprint density at radius 1 is 0.950 bits per heavy atom. The molecule has 0 aromatic heterocycles. The molecule has 2 heteroatoms. The lowest BCUT2D eigenvalue weighted by Crippen LogP contribution is -1.92. The molecule has 0 amide bonds. The summed E-state index contributed by atoms with van der Waals surface area (Å²) in [5.41, 5.74) is 1.89. The van der Waals surface area contributed by atoms with Gasteiger partial charge in [0.1, 0.15) is 0 Å². The summed E-state index contributed by atoms with van der Waals surface area (Å²) in [6.07, 6.45) is 8.10. The van der Waals surface area contributed by atoms with Crippen LogP contribution in [-0.4, -0.2) is 5.78 Å². The molecule has 0 N–H and O–H groups in total. The molecule has 2 rings (SSSR count). The Bertz CT molecular complexity index is 610. The number of benzene rings is 2. The first-order valence-corrected chi connectivity index (χ1v) is 6.80. The quantitative estimate of drug-likeness (QED) is 0.434. The van der Waals surface area contributed by atoms with Gasteiger partial charge in [-0.05, 0) is 42.3 Å². The zero-order chi connectivity index (χ0) is 14.2. The van der Waals surface area contributed by atoms with Crippen LogP contribution in [0, 0.1) is 0 Å². The van der Waals surface area contributed by atoms with Crippen LogP contribution in [0.15, 0.2) is 78.9 Å². The molecule has 2 aromatic rings. The molecule has 0 fully saturated rings. The highest BCUT2D eigenvalue weighted by atomic mass is 35.5. The van der Waals surface area contributed by atoms with Gasteiger partial charge in [-0.15, -0.1) is 0 Å². The molecule has 0 unspecified atom stereocenters. The second kappa shape index (κ2) is 7.46. The van der Waals surface area contributed by atoms with Gasteiger partial charge in [0.2, 0.25) is 0 Å². The average molecular weight is 283 g/mol. The van der Waals surface area contributed by atoms with Gasteiger partial charge in [0.25, 0.3) is 0 Å². The number of hydrogen-bond donors (Lipinski definition) is 0. The molecule has 0 saturated carbocycles. The van der Waals surface area contributed by atoms with Crippen molar-refractivity contribution in [2.75, 3.05) is 0 Å². The van der Waals surface area contributed by atoms with E-state index in [1.54, 1.807) is 36.4 Å². The number of carbonyl (C=O) groups is 1. The van der Waals surface area contributed by atoms with Crippen molar-refractivity contribution in [1.29, 1.82) is 0 Å². The summed E-state index contributed by atoms with van der Waals surface area (Å²) in [5, 5.41) is 0.633. The van der Waals surface area contributed by atoms with Crippen molar-refractivity contribution in [2.45, 2.75) is 6.42 Å². The van der Waals surface area contributed by atoms with Crippen LogP contribution in [0.4, 0.5) is 0 Å². The van der Waals surface area contributed by atoms with E-state index in [0.29, 0.717) is 10.6 Å². The summed E-state index contributed by atoms with van der Waals surface area (Å²) in [7, 11) is 0. The fourth-order valence-electron chi connectivity index (χ4n) is 1.75. The number of carbonyl (C=O) groups excluding carboxylic acids is 1. The van der Waals surface area contributed by atoms with E-state index in [1.807, 2.05) is 30.4 Å². The van der Waals surface area contributed by atoms with Gasteiger partial charge in [-0.2, -0.15) is 0 Å². The predicted molar refractivity (Wildman–Crippen MR) is 84.2 cm³/mol. The molecule has 2 aromatic carbocycles. The average Bonchev–Trinajstić information content (AvgIpc) is 2.48. The minimum atomic E-state index is -0.0222. The maximum Gasteiger partial charge on any atom is 0.185 e. The van der Waals surface area contributed by atoms with Crippen LogP contribution in [0.2, 0.25) is 5.02 Å². The molecule has 0 aliphatic rings. The second-order valence-electron chi connectivity index (χ2n) is 4.35. The third kappa shape index (κ3) is 4.52. The van der Waals surface area contributed by atoms with Crippen molar-refractivity contribution in [3.05, 3.63) is 95.1 Å². The molecule has 0 saturated heterocycles. The molecular weight excluding hydrogens is 268 g/mol. The molecule has 0 aliphatic heterocycles. The van der Waals surface area contributed by atoms with Crippen LogP contribution in [0.25, 0.3) is 0 Å². The molecule has 0 bridgehead atoms. The number of hydrogen-bond acceptors (Lipinski definition) is 1. The van der Waals surface area contributed by atoms with Gasteiger partial charge in [-0.1, -0.05) is 60.2 Å². The van der Waals surface area contributed by atoms with Crippen molar-refractivity contribution >= 4 is 17.4 Å². The van der Waals surface area contributed by atoms with Crippen molar-refractivity contribution < 1.29 is 4.79 Å². The Balaban J connectivity index is 1.87. The van der Waals surface area contributed by atoms with E-state index < -0.39 is 0 Å². The molecule has 0 radical (unpaired) electrons. The predicted octanol–water partition coefficient (Wildman–Crippen LogP) is 4.88. The van der Waals surface area contributed by atoms with Gasteiger partial charge in [0.15, 0.2) is 5.78 Å². The van der Waals surface area contributed by atoms with Crippen molar-refractivity contribution in [2.24, 2.45) is 0 Å². The van der Waals surface area contributed by atoms with E-state index in [2.05, 4.69) is 12.1 Å². The lowest BCUT2D eigenvalue weighted by molar-refractivity contribution is 0.104. The van der Waals surface area contributed by atoms with Crippen LogP contribution < -0.4 is 0 Å². The maximum absolute atomic E-state index is 11.8. The highest BCUT2D eigenvalue weighted by Gasteiger charge is 1.99. The van der Waals surface area contributed by atoms with Gasteiger partial charge >= 0.3 is 0 Å². The van der Waals surface area contributed by atoms with E-state index in [-0.39, 0.29) is 5.78 Å². The van der Waals surface area contributed by atoms with Gasteiger partial charge in [-0.25, -0.2) is 0 Å². The number of ketones is 1. The van der Waals surface area contributed by atoms with E-state index >= 15 is 0 Å². The molecule has 0 atom stereocenters. The zero-order valence-corrected chi connectivity index (χ0v) is 11.8. The standard InChI is InChI=1S/C18H15ClO/c19-17-13-11-16(12-14-17)18(20)10-6-2-5-9-15-7-3-1-4-8-15/h1-8,10-14H,9H2/b5-2-,10-6+. The molecule has 0 heterocycles. The molecule has 1 nitrogen and oxygen atoms in total. The largest absolute Gasteiger partial charge is 0.289 e. The summed E-state index contributed by atoms with van der Waals surface area (Å²) in [6, 6.07) is 17.1. The molecule has 0 aliphatic carbocycles. The molecule has 20 heavy (non-hydrogen) atoms. The van der Waals surface area contributed by atoms with Gasteiger partial charge in [0, 0.05) is 10.6 Å². The maximum atomic E-state index is 11.8. The lowest BCUT2D eigenvalue weighted by atomic mass is 10.1. The van der Waals surface area contributed by atoms with Crippen molar-refractivity contribution in [1.82, 2.24) is 0 Å². The minimum absolute atomic E-state index is 0.0222. The summed E-state index contributed by atoms with van der Waals surface area (Å²) in [4.78, 5) is 11.8. The number of halogens is 1. The van der Waals surface area contributed by atoms with Crippen molar-refractivity contribution in [3.8, 4) is 0 Å². The van der Waals surface area contributed by atoms with E-state index in [1.165, 1.54) is 5.56 Å². The fraction of sp³-hybridized carbons (Fsp3) is 0.0556. The summed E-state index contributed by atoms with van der Waals surface area (Å²) < 4.78 is 0. The molecule has 0 spiro atoms. The molecule has 100 valence electrons. The highest BCUT2D eigenvalue weighted by Crippen LogP contribution is 2.10. The highest BCUT2D eigenvalue weighted by molar-refractivity contribution is 6.30. The van der Waals surface area contributed by atoms with E-state index in [4.69, 9.17) is 11.6 Å². The first-order valence-electron chi connectivity index (χ1n) is 6.43. The summed E-state index contributed by atoms with van der Waals surface area (Å²) in [6.45, 7) is 0. The summed E-state index contributed by atoms with van der Waals surface area (Å²) in [5.74, 6) is -0.0222. The van der Waals surface area contributed by atoms with Crippen LogP contribution in [0.5, 0.6) is 0 Å². The number of allylic oxidation sites excluding steroid dienone is 4. The van der Waals surface area contributed by atoms with Gasteiger partial charge in [0.05, 0.1) is 0 Å². The monoisotopic (exact) mass is 282 g/mol. The topological polar surface area (TPSA) is 17.1 Å². The fourth-order valence-corrected chi connectivity index (χ4v) is 1.88. The first-order chi connectivity index (χ1) is 9.75. The van der Waals surface area contributed by atoms with Gasteiger partial charge in [-0.3, -0.25) is 4.79 Å².